The molecule has 1 aliphatic heterocycles. The van der Waals surface area contributed by atoms with E-state index in [-0.39, 0.29) is 24.7 Å². The molecule has 1 fully saturated rings. The van der Waals surface area contributed by atoms with Crippen molar-refractivity contribution in [1.29, 1.82) is 0 Å². The molecule has 0 spiro atoms. The highest BCUT2D eigenvalue weighted by Crippen LogP contribution is 2.13. The van der Waals surface area contributed by atoms with Crippen LogP contribution in [0.2, 0.25) is 0 Å². The van der Waals surface area contributed by atoms with Crippen LogP contribution in [0.4, 0.5) is 10.6 Å². The van der Waals surface area contributed by atoms with Crippen molar-refractivity contribution in [2.24, 2.45) is 0 Å². The van der Waals surface area contributed by atoms with E-state index in [9.17, 15) is 14.4 Å². The van der Waals surface area contributed by atoms with E-state index in [1.165, 1.54) is 17.2 Å². The zero-order valence-corrected chi connectivity index (χ0v) is 8.58. The smallest absolute Gasteiger partial charge is 0.374 e. The number of anilines is 1. The van der Waals surface area contributed by atoms with Gasteiger partial charge in [-0.3, -0.25) is 15.0 Å². The topological polar surface area (TPSA) is 112 Å². The van der Waals surface area contributed by atoms with Crippen molar-refractivity contribution in [2.75, 3.05) is 11.4 Å². The second-order valence-corrected chi connectivity index (χ2v) is 3.30. The van der Waals surface area contributed by atoms with Gasteiger partial charge < -0.3 is 5.11 Å². The summed E-state index contributed by atoms with van der Waals surface area (Å²) in [4.78, 5) is 41.5. The Morgan fingerprint density at radius 1 is 1.47 bits per heavy atom. The molecule has 1 saturated heterocycles. The molecule has 0 bridgehead atoms. The molecule has 17 heavy (non-hydrogen) atoms. The van der Waals surface area contributed by atoms with Crippen LogP contribution in [0.3, 0.4) is 0 Å². The molecular weight excluding hydrogens is 228 g/mol. The summed E-state index contributed by atoms with van der Waals surface area (Å²) in [6.45, 7) is 0.167. The van der Waals surface area contributed by atoms with Crippen LogP contribution in [0, 0.1) is 0 Å². The second-order valence-electron chi connectivity index (χ2n) is 3.30. The fraction of sp³-hybridized carbons (Fsp3) is 0.222. The Kier molecular flexibility index (Phi) is 2.69. The normalized spacial score (nSPS) is 15.6. The molecule has 0 aliphatic carbocycles. The lowest BCUT2D eigenvalue weighted by Crippen LogP contribution is -2.50. The maximum absolute atomic E-state index is 11.5. The highest BCUT2D eigenvalue weighted by atomic mass is 16.4. The number of hydrogen-bond donors (Lipinski definition) is 2. The number of carbonyl (C=O) groups excluding carboxylic acids is 2. The summed E-state index contributed by atoms with van der Waals surface area (Å²) in [6.07, 6.45) is 1.40. The summed E-state index contributed by atoms with van der Waals surface area (Å²) in [5, 5.41) is 10.8. The van der Waals surface area contributed by atoms with Crippen molar-refractivity contribution in [3.05, 3.63) is 18.1 Å². The van der Waals surface area contributed by atoms with E-state index < -0.39 is 17.8 Å². The van der Waals surface area contributed by atoms with E-state index in [1.807, 2.05) is 0 Å². The van der Waals surface area contributed by atoms with Gasteiger partial charge in [-0.05, 0) is 6.07 Å². The molecule has 0 radical (unpaired) electrons. The number of rotatable bonds is 2. The summed E-state index contributed by atoms with van der Waals surface area (Å²) in [5.41, 5.74) is 0. The van der Waals surface area contributed by atoms with Crippen molar-refractivity contribution in [2.45, 2.75) is 6.42 Å². The molecule has 2 rings (SSSR count). The lowest BCUT2D eigenvalue weighted by Gasteiger charge is -2.25. The summed E-state index contributed by atoms with van der Waals surface area (Å²) < 4.78 is 0. The third-order valence-electron chi connectivity index (χ3n) is 2.16. The number of carboxylic acids is 1. The number of imide groups is 1. The average Bonchev–Trinajstić information content (AvgIpc) is 2.29. The van der Waals surface area contributed by atoms with E-state index in [4.69, 9.17) is 5.11 Å². The largest absolute Gasteiger partial charge is 0.475 e. The van der Waals surface area contributed by atoms with Gasteiger partial charge in [0.05, 0.1) is 0 Å². The van der Waals surface area contributed by atoms with Crippen molar-refractivity contribution in [3.63, 3.8) is 0 Å². The van der Waals surface area contributed by atoms with Gasteiger partial charge in [-0.1, -0.05) is 0 Å². The van der Waals surface area contributed by atoms with Gasteiger partial charge in [0.15, 0.2) is 0 Å². The maximum atomic E-state index is 11.5. The van der Waals surface area contributed by atoms with Gasteiger partial charge in [0.2, 0.25) is 11.7 Å². The number of aromatic carboxylic acids is 1. The van der Waals surface area contributed by atoms with Gasteiger partial charge in [0, 0.05) is 19.2 Å². The highest BCUT2D eigenvalue weighted by molar-refractivity contribution is 6.05. The number of hydrogen-bond acceptors (Lipinski definition) is 5. The highest BCUT2D eigenvalue weighted by Gasteiger charge is 2.25. The van der Waals surface area contributed by atoms with Crippen molar-refractivity contribution in [3.8, 4) is 0 Å². The quantitative estimate of drug-likeness (QED) is 0.723. The minimum absolute atomic E-state index is 0.151. The molecule has 1 aliphatic rings. The first-order valence-corrected chi connectivity index (χ1v) is 4.75. The summed E-state index contributed by atoms with van der Waals surface area (Å²) in [7, 11) is 0. The van der Waals surface area contributed by atoms with Gasteiger partial charge in [-0.15, -0.1) is 0 Å². The number of carbonyl (C=O) groups is 3. The number of aromatic nitrogens is 2. The minimum atomic E-state index is -1.28. The Morgan fingerprint density at radius 3 is 2.88 bits per heavy atom. The van der Waals surface area contributed by atoms with Gasteiger partial charge in [0.1, 0.15) is 5.82 Å². The van der Waals surface area contributed by atoms with Gasteiger partial charge in [-0.25, -0.2) is 19.6 Å². The molecule has 8 heteroatoms. The molecule has 0 unspecified atom stereocenters. The van der Waals surface area contributed by atoms with E-state index in [1.54, 1.807) is 0 Å². The number of amides is 3. The van der Waals surface area contributed by atoms with E-state index >= 15 is 0 Å². The Balaban J connectivity index is 2.28. The third-order valence-corrected chi connectivity index (χ3v) is 2.16. The standard InChI is InChI=1S/C9H8N4O4/c14-6-2-4-13(9(17)12-6)5-1-3-10-7(11-5)8(15)16/h1,3H,2,4H2,(H,15,16)(H,12,14,17). The molecule has 0 atom stereocenters. The maximum Gasteiger partial charge on any atom is 0.374 e. The average molecular weight is 236 g/mol. The predicted octanol–water partition coefficient (Wildman–Crippen LogP) is -0.379. The lowest BCUT2D eigenvalue weighted by atomic mass is 10.3. The molecular formula is C9H8N4O4. The van der Waals surface area contributed by atoms with Gasteiger partial charge >= 0.3 is 12.0 Å². The summed E-state index contributed by atoms with van der Waals surface area (Å²) in [5.74, 6) is -1.88. The molecule has 88 valence electrons. The van der Waals surface area contributed by atoms with Crippen LogP contribution in [0.25, 0.3) is 0 Å². The van der Waals surface area contributed by atoms with Crippen LogP contribution in [-0.2, 0) is 4.79 Å². The van der Waals surface area contributed by atoms with Gasteiger partial charge in [0.25, 0.3) is 0 Å². The van der Waals surface area contributed by atoms with Crippen molar-refractivity contribution >= 4 is 23.7 Å². The first-order valence-electron chi connectivity index (χ1n) is 4.75. The van der Waals surface area contributed by atoms with Crippen LogP contribution < -0.4 is 10.2 Å². The molecule has 1 aromatic heterocycles. The first kappa shape index (κ1) is 11.0. The second kappa shape index (κ2) is 4.16. The lowest BCUT2D eigenvalue weighted by molar-refractivity contribution is -0.120. The number of carboxylic acid groups (broad SMARTS) is 1. The van der Waals surface area contributed by atoms with Crippen LogP contribution >= 0.6 is 0 Å². The monoisotopic (exact) mass is 236 g/mol. The van der Waals surface area contributed by atoms with Crippen LogP contribution in [0.15, 0.2) is 12.3 Å². The molecule has 2 N–H and O–H groups in total. The predicted molar refractivity (Wildman–Crippen MR) is 54.5 cm³/mol. The molecule has 0 saturated carbocycles. The Bertz CT molecular complexity index is 502. The molecule has 0 aromatic carbocycles. The Morgan fingerprint density at radius 2 is 2.24 bits per heavy atom. The molecule has 3 amide bonds. The van der Waals surface area contributed by atoms with Gasteiger partial charge in [-0.2, -0.15) is 0 Å². The Hall–Kier alpha value is -2.51. The first-order chi connectivity index (χ1) is 8.08. The number of urea groups is 1. The molecule has 8 nitrogen and oxygen atoms in total. The molecule has 2 heterocycles. The SMILES string of the molecule is O=C1CCN(c2ccnc(C(=O)O)n2)C(=O)N1. The van der Waals surface area contributed by atoms with Crippen molar-refractivity contribution < 1.29 is 19.5 Å². The van der Waals surface area contributed by atoms with E-state index in [0.717, 1.165) is 0 Å². The fourth-order valence-electron chi connectivity index (χ4n) is 1.39. The molecule has 1 aromatic rings. The van der Waals surface area contributed by atoms with Crippen LogP contribution in [0.5, 0.6) is 0 Å². The number of nitrogens with one attached hydrogen (secondary N) is 1. The fourth-order valence-corrected chi connectivity index (χ4v) is 1.39. The Labute approximate surface area is 95.3 Å². The van der Waals surface area contributed by atoms with Crippen LogP contribution in [0.1, 0.15) is 17.0 Å². The summed E-state index contributed by atoms with van der Waals surface area (Å²) >= 11 is 0. The zero-order chi connectivity index (χ0) is 12.4. The third kappa shape index (κ3) is 2.19. The van der Waals surface area contributed by atoms with E-state index in [2.05, 4.69) is 15.3 Å². The van der Waals surface area contributed by atoms with Crippen LogP contribution in [-0.4, -0.2) is 39.5 Å². The zero-order valence-electron chi connectivity index (χ0n) is 8.58. The minimum Gasteiger partial charge on any atom is -0.475 e. The number of nitrogens with zero attached hydrogens (tertiary/aromatic N) is 3. The summed E-state index contributed by atoms with van der Waals surface area (Å²) in [6, 6.07) is 0.790. The van der Waals surface area contributed by atoms with E-state index in [0.29, 0.717) is 0 Å². The van der Waals surface area contributed by atoms with Crippen molar-refractivity contribution in [1.82, 2.24) is 15.3 Å².